The molecule has 0 aromatic carbocycles. The van der Waals surface area contributed by atoms with Gasteiger partial charge >= 0.3 is 0 Å². The van der Waals surface area contributed by atoms with Gasteiger partial charge in [0.15, 0.2) is 0 Å². The van der Waals surface area contributed by atoms with Crippen LogP contribution in [0.5, 0.6) is 0 Å². The Balaban J connectivity index is 1.88. The number of aryl methyl sites for hydroxylation is 1. The molecule has 18 heavy (non-hydrogen) atoms. The standard InChI is InChI=1S/C12H14N4O2/c1-7-5-13-3-2-9(7)11-15-12(18-16-11)10-4-8(17)6-14-10/h2-3,5,8,10,14,17H,4,6H2,1H3/t8-,10+/m1/s1. The second kappa shape index (κ2) is 4.47. The average molecular weight is 246 g/mol. The minimum absolute atomic E-state index is 0.0524. The maximum Gasteiger partial charge on any atom is 0.244 e. The van der Waals surface area contributed by atoms with Gasteiger partial charge in [-0.3, -0.25) is 4.98 Å². The van der Waals surface area contributed by atoms with E-state index in [0.29, 0.717) is 24.7 Å². The highest BCUT2D eigenvalue weighted by atomic mass is 16.5. The molecule has 1 aliphatic heterocycles. The van der Waals surface area contributed by atoms with E-state index in [-0.39, 0.29) is 12.1 Å². The number of hydrogen-bond acceptors (Lipinski definition) is 6. The SMILES string of the molecule is Cc1cnccc1-c1noc([C@@H]2C[C@@H](O)CN2)n1. The molecule has 94 valence electrons. The molecule has 6 nitrogen and oxygen atoms in total. The molecule has 0 saturated carbocycles. The minimum Gasteiger partial charge on any atom is -0.392 e. The van der Waals surface area contributed by atoms with Gasteiger partial charge in [0.2, 0.25) is 11.7 Å². The zero-order valence-corrected chi connectivity index (χ0v) is 10.00. The molecule has 1 aliphatic rings. The highest BCUT2D eigenvalue weighted by Crippen LogP contribution is 2.25. The van der Waals surface area contributed by atoms with Crippen LogP contribution in [0.1, 0.15) is 23.9 Å². The van der Waals surface area contributed by atoms with Crippen LogP contribution in [-0.4, -0.2) is 32.9 Å². The lowest BCUT2D eigenvalue weighted by atomic mass is 10.1. The molecule has 2 aromatic heterocycles. The van der Waals surface area contributed by atoms with E-state index in [1.165, 1.54) is 0 Å². The normalized spacial score (nSPS) is 23.4. The van der Waals surface area contributed by atoms with Crippen LogP contribution in [-0.2, 0) is 0 Å². The highest BCUT2D eigenvalue weighted by Gasteiger charge is 2.28. The van der Waals surface area contributed by atoms with Gasteiger partial charge in [-0.15, -0.1) is 0 Å². The van der Waals surface area contributed by atoms with Crippen molar-refractivity contribution >= 4 is 0 Å². The quantitative estimate of drug-likeness (QED) is 0.816. The van der Waals surface area contributed by atoms with E-state index in [9.17, 15) is 5.11 Å². The smallest absolute Gasteiger partial charge is 0.244 e. The number of nitrogens with zero attached hydrogens (tertiary/aromatic N) is 3. The van der Waals surface area contributed by atoms with Gasteiger partial charge in [-0.25, -0.2) is 0 Å². The number of hydrogen-bond donors (Lipinski definition) is 2. The molecule has 0 amide bonds. The monoisotopic (exact) mass is 246 g/mol. The Labute approximate surface area is 104 Å². The van der Waals surface area contributed by atoms with Crippen LogP contribution in [0.25, 0.3) is 11.4 Å². The summed E-state index contributed by atoms with van der Waals surface area (Å²) in [5.41, 5.74) is 1.92. The van der Waals surface area contributed by atoms with Crippen LogP contribution in [0, 0.1) is 6.92 Å². The van der Waals surface area contributed by atoms with Crippen LogP contribution < -0.4 is 5.32 Å². The molecule has 6 heteroatoms. The van der Waals surface area contributed by atoms with Crippen molar-refractivity contribution in [1.82, 2.24) is 20.4 Å². The summed E-state index contributed by atoms with van der Waals surface area (Å²) in [4.78, 5) is 8.41. The Bertz CT molecular complexity index is 555. The fourth-order valence-corrected chi connectivity index (χ4v) is 2.12. The Hall–Kier alpha value is -1.79. The van der Waals surface area contributed by atoms with E-state index in [2.05, 4.69) is 20.4 Å². The maximum absolute atomic E-state index is 9.47. The summed E-state index contributed by atoms with van der Waals surface area (Å²) in [6.45, 7) is 2.52. The largest absolute Gasteiger partial charge is 0.392 e. The molecule has 0 aliphatic carbocycles. The zero-order valence-electron chi connectivity index (χ0n) is 10.00. The Morgan fingerprint density at radius 1 is 1.50 bits per heavy atom. The fraction of sp³-hybridized carbons (Fsp3) is 0.417. The van der Waals surface area contributed by atoms with Gasteiger partial charge in [0.25, 0.3) is 0 Å². The first-order chi connectivity index (χ1) is 8.74. The topological polar surface area (TPSA) is 84.1 Å². The van der Waals surface area contributed by atoms with Crippen LogP contribution in [0.15, 0.2) is 23.0 Å². The van der Waals surface area contributed by atoms with Crippen LogP contribution in [0.3, 0.4) is 0 Å². The van der Waals surface area contributed by atoms with Crippen molar-refractivity contribution in [2.45, 2.75) is 25.5 Å². The first-order valence-corrected chi connectivity index (χ1v) is 5.90. The second-order valence-corrected chi connectivity index (χ2v) is 4.50. The molecule has 2 N–H and O–H groups in total. The number of rotatable bonds is 2. The zero-order chi connectivity index (χ0) is 12.5. The van der Waals surface area contributed by atoms with Gasteiger partial charge in [0.05, 0.1) is 12.1 Å². The summed E-state index contributed by atoms with van der Waals surface area (Å²) >= 11 is 0. The predicted molar refractivity (Wildman–Crippen MR) is 63.6 cm³/mol. The number of pyridine rings is 1. The molecule has 1 saturated heterocycles. The Kier molecular flexibility index (Phi) is 2.81. The van der Waals surface area contributed by atoms with E-state index in [4.69, 9.17) is 4.52 Å². The molecule has 0 bridgehead atoms. The van der Waals surface area contributed by atoms with E-state index in [1.54, 1.807) is 12.4 Å². The van der Waals surface area contributed by atoms with Crippen molar-refractivity contribution in [2.75, 3.05) is 6.54 Å². The van der Waals surface area contributed by atoms with Crippen molar-refractivity contribution in [3.8, 4) is 11.4 Å². The molecule has 3 heterocycles. The number of nitrogens with one attached hydrogen (secondary N) is 1. The molecule has 2 aromatic rings. The minimum atomic E-state index is -0.340. The molecule has 0 unspecified atom stereocenters. The third-order valence-electron chi connectivity index (χ3n) is 3.11. The molecule has 2 atom stereocenters. The maximum atomic E-state index is 9.47. The lowest BCUT2D eigenvalue weighted by Crippen LogP contribution is -2.15. The van der Waals surface area contributed by atoms with E-state index >= 15 is 0 Å². The lowest BCUT2D eigenvalue weighted by Gasteiger charge is -2.01. The molecule has 1 fully saturated rings. The van der Waals surface area contributed by atoms with E-state index in [1.807, 2.05) is 13.0 Å². The number of aromatic nitrogens is 3. The molecule has 0 radical (unpaired) electrons. The summed E-state index contributed by atoms with van der Waals surface area (Å²) in [7, 11) is 0. The van der Waals surface area contributed by atoms with Gasteiger partial charge < -0.3 is 14.9 Å². The second-order valence-electron chi connectivity index (χ2n) is 4.50. The van der Waals surface area contributed by atoms with Crippen molar-refractivity contribution in [3.05, 3.63) is 29.9 Å². The fourth-order valence-electron chi connectivity index (χ4n) is 2.12. The predicted octanol–water partition coefficient (Wildman–Crippen LogP) is 0.835. The van der Waals surface area contributed by atoms with Crippen molar-refractivity contribution in [1.29, 1.82) is 0 Å². The summed E-state index contributed by atoms with van der Waals surface area (Å²) in [6, 6.07) is 1.81. The lowest BCUT2D eigenvalue weighted by molar-refractivity contribution is 0.191. The van der Waals surface area contributed by atoms with Gasteiger partial charge in [-0.05, 0) is 25.0 Å². The number of β-amino-alcohol motifs (C(OH)–C–C–N with tert-alkyl or cyclic N) is 1. The van der Waals surface area contributed by atoms with E-state index in [0.717, 1.165) is 11.1 Å². The molecule has 3 rings (SSSR count). The molecular weight excluding hydrogens is 232 g/mol. The van der Waals surface area contributed by atoms with Gasteiger partial charge in [0.1, 0.15) is 0 Å². The van der Waals surface area contributed by atoms with Crippen LogP contribution >= 0.6 is 0 Å². The average Bonchev–Trinajstić information content (AvgIpc) is 2.98. The highest BCUT2D eigenvalue weighted by molar-refractivity contribution is 5.57. The first-order valence-electron chi connectivity index (χ1n) is 5.90. The molecular formula is C12H14N4O2. The Morgan fingerprint density at radius 2 is 2.39 bits per heavy atom. The summed E-state index contributed by atoms with van der Waals surface area (Å²) in [5.74, 6) is 1.09. The third kappa shape index (κ3) is 2.00. The summed E-state index contributed by atoms with van der Waals surface area (Å²) < 4.78 is 5.25. The number of aliphatic hydroxyl groups excluding tert-OH is 1. The Morgan fingerprint density at radius 3 is 3.11 bits per heavy atom. The molecule has 0 spiro atoms. The van der Waals surface area contributed by atoms with E-state index < -0.39 is 0 Å². The number of aliphatic hydroxyl groups is 1. The van der Waals surface area contributed by atoms with Crippen LogP contribution in [0.2, 0.25) is 0 Å². The summed E-state index contributed by atoms with van der Waals surface area (Å²) in [6.07, 6.45) is 3.74. The van der Waals surface area contributed by atoms with Crippen LogP contribution in [0.4, 0.5) is 0 Å². The van der Waals surface area contributed by atoms with Crippen molar-refractivity contribution < 1.29 is 9.63 Å². The van der Waals surface area contributed by atoms with Gasteiger partial charge in [-0.2, -0.15) is 4.98 Å². The summed E-state index contributed by atoms with van der Waals surface area (Å²) in [5, 5.41) is 16.6. The third-order valence-corrected chi connectivity index (χ3v) is 3.11. The first kappa shape index (κ1) is 11.3. The van der Waals surface area contributed by atoms with Gasteiger partial charge in [-0.1, -0.05) is 5.16 Å². The van der Waals surface area contributed by atoms with Crippen molar-refractivity contribution in [3.63, 3.8) is 0 Å². The van der Waals surface area contributed by atoms with Gasteiger partial charge in [0, 0.05) is 24.5 Å². The van der Waals surface area contributed by atoms with Crippen molar-refractivity contribution in [2.24, 2.45) is 0 Å².